The van der Waals surface area contributed by atoms with E-state index in [9.17, 15) is 10.2 Å². The molecule has 4 fully saturated rings. The first-order valence-electron chi connectivity index (χ1n) is 10.5. The van der Waals surface area contributed by atoms with Crippen LogP contribution in [0.4, 0.5) is 0 Å². The summed E-state index contributed by atoms with van der Waals surface area (Å²) < 4.78 is 31.0. The Balaban J connectivity index is 1.62. The van der Waals surface area contributed by atoms with E-state index >= 15 is 0 Å². The standard InChI is InChI=1S/C20H36O7Si/c1-17(2,3)28(18(4,5)6)24-12-16-15(27-28)11-20(22)19(21,26-16)10-14-13(25-20)8-7-9-23-14/h13-16,21-22H,7-12H2,1-6H3/t13-,14+,15-,16+,19-,20+/m0/s1. The molecule has 0 bridgehead atoms. The maximum Gasteiger partial charge on any atom is 0.349 e. The van der Waals surface area contributed by atoms with Crippen molar-refractivity contribution in [1.82, 2.24) is 0 Å². The largest absolute Gasteiger partial charge is 0.391 e. The normalized spacial score (nSPS) is 46.3. The number of ether oxygens (including phenoxy) is 3. The molecule has 4 aliphatic rings. The molecule has 4 rings (SSSR count). The van der Waals surface area contributed by atoms with E-state index < -0.39 is 26.2 Å². The fourth-order valence-corrected chi connectivity index (χ4v) is 10.6. The Morgan fingerprint density at radius 3 is 2.00 bits per heavy atom. The highest BCUT2D eigenvalue weighted by Crippen LogP contribution is 2.57. The third-order valence-electron chi connectivity index (χ3n) is 6.80. The third kappa shape index (κ3) is 3.03. The lowest BCUT2D eigenvalue weighted by Crippen LogP contribution is -2.75. The van der Waals surface area contributed by atoms with E-state index in [1.165, 1.54) is 0 Å². The van der Waals surface area contributed by atoms with E-state index in [2.05, 4.69) is 41.5 Å². The second-order valence-corrected chi connectivity index (χ2v) is 15.7. The Hall–Kier alpha value is -0.0631. The van der Waals surface area contributed by atoms with Crippen LogP contribution < -0.4 is 0 Å². The SMILES string of the molecule is CC(C)(C)[Si]1(C(C)(C)C)OC[C@H]2O[C@@]3(O)C[C@H]4OCCC[C@@H]4O[C@]3(O)C[C@@H]2O1. The summed E-state index contributed by atoms with van der Waals surface area (Å²) in [6, 6.07) is 0. The zero-order valence-electron chi connectivity index (χ0n) is 18.0. The summed E-state index contributed by atoms with van der Waals surface area (Å²) >= 11 is 0. The van der Waals surface area contributed by atoms with Crippen LogP contribution in [-0.4, -0.2) is 68.0 Å². The maximum atomic E-state index is 11.3. The van der Waals surface area contributed by atoms with Gasteiger partial charge in [-0.2, -0.15) is 0 Å². The van der Waals surface area contributed by atoms with Gasteiger partial charge in [-0.15, -0.1) is 0 Å². The van der Waals surface area contributed by atoms with Gasteiger partial charge in [0.1, 0.15) is 6.10 Å². The molecule has 0 radical (unpaired) electrons. The van der Waals surface area contributed by atoms with E-state index in [4.69, 9.17) is 23.1 Å². The highest BCUT2D eigenvalue weighted by Gasteiger charge is 2.69. The van der Waals surface area contributed by atoms with Crippen LogP contribution in [0.1, 0.15) is 67.2 Å². The van der Waals surface area contributed by atoms with Crippen LogP contribution in [0.5, 0.6) is 0 Å². The molecule has 0 amide bonds. The molecule has 2 N–H and O–H groups in total. The Morgan fingerprint density at radius 2 is 1.39 bits per heavy atom. The van der Waals surface area contributed by atoms with Gasteiger partial charge in [0, 0.05) is 29.5 Å². The van der Waals surface area contributed by atoms with Crippen molar-refractivity contribution in [1.29, 1.82) is 0 Å². The van der Waals surface area contributed by atoms with E-state index in [-0.39, 0.29) is 41.2 Å². The number of aliphatic hydroxyl groups is 2. The molecule has 6 atom stereocenters. The van der Waals surface area contributed by atoms with E-state index in [0.29, 0.717) is 13.2 Å². The minimum Gasteiger partial charge on any atom is -0.391 e. The number of fused-ring (bicyclic) bond motifs is 3. The van der Waals surface area contributed by atoms with Gasteiger partial charge in [-0.1, -0.05) is 41.5 Å². The van der Waals surface area contributed by atoms with Crippen molar-refractivity contribution in [2.24, 2.45) is 0 Å². The quantitative estimate of drug-likeness (QED) is 0.587. The van der Waals surface area contributed by atoms with Crippen molar-refractivity contribution in [3.05, 3.63) is 0 Å². The lowest BCUT2D eigenvalue weighted by molar-refractivity contribution is -0.471. The fraction of sp³-hybridized carbons (Fsp3) is 1.00. The first-order chi connectivity index (χ1) is 12.8. The van der Waals surface area contributed by atoms with Gasteiger partial charge < -0.3 is 33.3 Å². The molecule has 0 aromatic rings. The summed E-state index contributed by atoms with van der Waals surface area (Å²) in [5.41, 5.74) is 0. The van der Waals surface area contributed by atoms with Gasteiger partial charge in [-0.25, -0.2) is 0 Å². The fourth-order valence-electron chi connectivity index (χ4n) is 5.61. The predicted octanol–water partition coefficient (Wildman–Crippen LogP) is 2.58. The molecule has 0 aromatic heterocycles. The van der Waals surface area contributed by atoms with E-state index in [1.54, 1.807) is 0 Å². The Kier molecular flexibility index (Phi) is 4.89. The Bertz CT molecular complexity index is 601. The molecule has 8 heteroatoms. The summed E-state index contributed by atoms with van der Waals surface area (Å²) in [7, 11) is -2.70. The van der Waals surface area contributed by atoms with Crippen molar-refractivity contribution < 1.29 is 33.3 Å². The van der Waals surface area contributed by atoms with Crippen LogP contribution in [0.3, 0.4) is 0 Å². The molecule has 0 unspecified atom stereocenters. The van der Waals surface area contributed by atoms with Gasteiger partial charge in [-0.05, 0) is 12.8 Å². The molecule has 162 valence electrons. The van der Waals surface area contributed by atoms with Crippen LogP contribution in [0, 0.1) is 0 Å². The van der Waals surface area contributed by atoms with Gasteiger partial charge in [0.05, 0.1) is 24.9 Å². The van der Waals surface area contributed by atoms with Gasteiger partial charge >= 0.3 is 8.56 Å². The number of hydrogen-bond acceptors (Lipinski definition) is 7. The molecule has 7 nitrogen and oxygen atoms in total. The molecular weight excluding hydrogens is 380 g/mol. The predicted molar refractivity (Wildman–Crippen MR) is 104 cm³/mol. The van der Waals surface area contributed by atoms with E-state index in [0.717, 1.165) is 12.8 Å². The van der Waals surface area contributed by atoms with E-state index in [1.807, 2.05) is 0 Å². The van der Waals surface area contributed by atoms with Crippen LogP contribution in [0.2, 0.25) is 10.1 Å². The lowest BCUT2D eigenvalue weighted by atomic mass is 9.83. The summed E-state index contributed by atoms with van der Waals surface area (Å²) in [6.45, 7) is 13.9. The Morgan fingerprint density at radius 1 is 0.821 bits per heavy atom. The molecule has 4 aliphatic heterocycles. The van der Waals surface area contributed by atoms with Crippen molar-refractivity contribution in [3.63, 3.8) is 0 Å². The van der Waals surface area contributed by atoms with Crippen LogP contribution in [-0.2, 0) is 23.1 Å². The van der Waals surface area contributed by atoms with Crippen LogP contribution in [0.25, 0.3) is 0 Å². The molecule has 0 aromatic carbocycles. The van der Waals surface area contributed by atoms with Gasteiger partial charge in [0.15, 0.2) is 0 Å². The number of rotatable bonds is 0. The monoisotopic (exact) mass is 416 g/mol. The smallest absolute Gasteiger partial charge is 0.349 e. The molecule has 4 saturated heterocycles. The number of hydrogen-bond donors (Lipinski definition) is 2. The molecule has 28 heavy (non-hydrogen) atoms. The average molecular weight is 417 g/mol. The molecule has 0 saturated carbocycles. The minimum absolute atomic E-state index is 0.164. The van der Waals surface area contributed by atoms with Crippen LogP contribution in [0.15, 0.2) is 0 Å². The first-order valence-corrected chi connectivity index (χ1v) is 12.4. The average Bonchev–Trinajstić information content (AvgIpc) is 2.55. The molecular formula is C20H36O7Si. The second-order valence-electron chi connectivity index (χ2n) is 10.9. The minimum atomic E-state index is -2.70. The summed E-state index contributed by atoms with van der Waals surface area (Å²) in [5, 5.41) is 22.2. The van der Waals surface area contributed by atoms with Crippen molar-refractivity contribution >= 4 is 8.56 Å². The maximum absolute atomic E-state index is 11.3. The van der Waals surface area contributed by atoms with Crippen molar-refractivity contribution in [2.45, 2.75) is 113 Å². The molecule has 0 aliphatic carbocycles. The molecule has 0 spiro atoms. The topological polar surface area (TPSA) is 86.6 Å². The summed E-state index contributed by atoms with van der Waals surface area (Å²) in [5.74, 6) is -3.62. The van der Waals surface area contributed by atoms with Gasteiger partial charge in [0.25, 0.3) is 0 Å². The summed E-state index contributed by atoms with van der Waals surface area (Å²) in [6.07, 6.45) is 0.732. The van der Waals surface area contributed by atoms with Crippen LogP contribution >= 0.6 is 0 Å². The zero-order valence-corrected chi connectivity index (χ0v) is 19.0. The van der Waals surface area contributed by atoms with Gasteiger partial charge in [0.2, 0.25) is 11.6 Å². The molecule has 4 heterocycles. The first kappa shape index (κ1) is 21.2. The second kappa shape index (κ2) is 6.47. The highest BCUT2D eigenvalue weighted by molar-refractivity contribution is 6.73. The Labute approximate surface area is 168 Å². The summed E-state index contributed by atoms with van der Waals surface area (Å²) in [4.78, 5) is 0. The zero-order chi connectivity index (χ0) is 20.6. The third-order valence-corrected chi connectivity index (χ3v) is 12.0. The van der Waals surface area contributed by atoms with Gasteiger partial charge in [-0.3, -0.25) is 0 Å². The lowest BCUT2D eigenvalue weighted by Gasteiger charge is -2.61. The van der Waals surface area contributed by atoms with Crippen molar-refractivity contribution in [2.75, 3.05) is 13.2 Å². The highest BCUT2D eigenvalue weighted by atomic mass is 28.4. The van der Waals surface area contributed by atoms with Crippen molar-refractivity contribution in [3.8, 4) is 0 Å².